The van der Waals surface area contributed by atoms with Crippen molar-refractivity contribution in [3.8, 4) is 0 Å². The molecule has 0 aromatic heterocycles. The van der Waals surface area contributed by atoms with E-state index in [0.29, 0.717) is 19.6 Å². The summed E-state index contributed by atoms with van der Waals surface area (Å²) < 4.78 is 30.8. The number of hydrogen-bond acceptors (Lipinski definition) is 4. The lowest BCUT2D eigenvalue weighted by molar-refractivity contribution is 0.189. The molecule has 1 aromatic carbocycles. The van der Waals surface area contributed by atoms with E-state index in [9.17, 15) is 8.42 Å². The average molecular weight is 314 g/mol. The van der Waals surface area contributed by atoms with Crippen LogP contribution in [0, 0.1) is 0 Å². The summed E-state index contributed by atoms with van der Waals surface area (Å²) in [6, 6.07) is 7.71. The van der Waals surface area contributed by atoms with Crippen LogP contribution in [0.5, 0.6) is 0 Å². The number of sulfonamides is 1. The van der Waals surface area contributed by atoms with Crippen molar-refractivity contribution in [2.45, 2.75) is 25.6 Å². The fourth-order valence-electron chi connectivity index (χ4n) is 1.91. The molecule has 1 N–H and O–H groups in total. The van der Waals surface area contributed by atoms with Gasteiger partial charge in [-0.3, -0.25) is 0 Å². The summed E-state index contributed by atoms with van der Waals surface area (Å²) in [5, 5.41) is 3.24. The van der Waals surface area contributed by atoms with Gasteiger partial charge < -0.3 is 10.1 Å². The molecule has 0 saturated carbocycles. The molecule has 120 valence electrons. The number of benzene rings is 1. The third kappa shape index (κ3) is 6.56. The molecular formula is C15H26N2O3S. The van der Waals surface area contributed by atoms with Gasteiger partial charge in [-0.05, 0) is 24.1 Å². The summed E-state index contributed by atoms with van der Waals surface area (Å²) in [5.41, 5.74) is 1.97. The Labute approximate surface area is 128 Å². The predicted octanol–water partition coefficient (Wildman–Crippen LogP) is 1.59. The van der Waals surface area contributed by atoms with Crippen LogP contribution >= 0.6 is 0 Å². The van der Waals surface area contributed by atoms with E-state index in [2.05, 4.69) is 12.2 Å². The molecule has 21 heavy (non-hydrogen) atoms. The third-order valence-electron chi connectivity index (χ3n) is 3.25. The van der Waals surface area contributed by atoms with Crippen molar-refractivity contribution in [1.29, 1.82) is 0 Å². The van der Waals surface area contributed by atoms with Gasteiger partial charge in [0.25, 0.3) is 0 Å². The molecule has 0 aliphatic rings. The SMILES string of the molecule is CCNCc1ccc(CS(=O)(=O)N(C)CCCOC)cc1. The van der Waals surface area contributed by atoms with Crippen LogP contribution in [0.4, 0.5) is 0 Å². The highest BCUT2D eigenvalue weighted by Crippen LogP contribution is 2.11. The molecule has 1 rings (SSSR count). The second-order valence-corrected chi connectivity index (χ2v) is 7.10. The summed E-state index contributed by atoms with van der Waals surface area (Å²) in [7, 11) is -0.0313. The van der Waals surface area contributed by atoms with E-state index in [4.69, 9.17) is 4.74 Å². The Hall–Kier alpha value is -0.950. The van der Waals surface area contributed by atoms with Crippen LogP contribution < -0.4 is 5.32 Å². The van der Waals surface area contributed by atoms with E-state index in [0.717, 1.165) is 24.2 Å². The van der Waals surface area contributed by atoms with Crippen LogP contribution in [0.15, 0.2) is 24.3 Å². The van der Waals surface area contributed by atoms with Crippen molar-refractivity contribution in [3.63, 3.8) is 0 Å². The predicted molar refractivity (Wildman–Crippen MR) is 85.6 cm³/mol. The minimum absolute atomic E-state index is 0.0397. The Kier molecular flexibility index (Phi) is 7.88. The van der Waals surface area contributed by atoms with E-state index in [1.807, 2.05) is 24.3 Å². The zero-order valence-corrected chi connectivity index (χ0v) is 13.9. The van der Waals surface area contributed by atoms with Crippen LogP contribution in [0.3, 0.4) is 0 Å². The molecule has 0 atom stereocenters. The standard InChI is InChI=1S/C15H26N2O3S/c1-4-16-12-14-6-8-15(9-7-14)13-21(18,19)17(2)10-5-11-20-3/h6-9,16H,4-5,10-13H2,1-3H3. The number of nitrogens with one attached hydrogen (secondary N) is 1. The van der Waals surface area contributed by atoms with Gasteiger partial charge in [0.05, 0.1) is 5.75 Å². The lowest BCUT2D eigenvalue weighted by Gasteiger charge is -2.17. The number of ether oxygens (including phenoxy) is 1. The van der Waals surface area contributed by atoms with E-state index in [1.54, 1.807) is 14.2 Å². The lowest BCUT2D eigenvalue weighted by atomic mass is 10.1. The molecular weight excluding hydrogens is 288 g/mol. The van der Waals surface area contributed by atoms with Crippen molar-refractivity contribution in [1.82, 2.24) is 9.62 Å². The second kappa shape index (κ2) is 9.15. The lowest BCUT2D eigenvalue weighted by Crippen LogP contribution is -2.29. The molecule has 0 amide bonds. The van der Waals surface area contributed by atoms with Gasteiger partial charge in [0.1, 0.15) is 0 Å². The minimum Gasteiger partial charge on any atom is -0.385 e. The van der Waals surface area contributed by atoms with Crippen LogP contribution in [-0.4, -0.2) is 46.6 Å². The summed E-state index contributed by atoms with van der Waals surface area (Å²) in [4.78, 5) is 0. The van der Waals surface area contributed by atoms with Gasteiger partial charge in [-0.2, -0.15) is 0 Å². The summed E-state index contributed by atoms with van der Waals surface area (Å²) in [5.74, 6) is 0.0397. The van der Waals surface area contributed by atoms with Crippen molar-refractivity contribution in [2.24, 2.45) is 0 Å². The molecule has 0 heterocycles. The fraction of sp³-hybridized carbons (Fsp3) is 0.600. The van der Waals surface area contributed by atoms with Crippen molar-refractivity contribution >= 4 is 10.0 Å². The van der Waals surface area contributed by atoms with Gasteiger partial charge in [-0.15, -0.1) is 0 Å². The van der Waals surface area contributed by atoms with Gasteiger partial charge in [0.15, 0.2) is 0 Å². The van der Waals surface area contributed by atoms with Gasteiger partial charge in [0, 0.05) is 33.9 Å². The van der Waals surface area contributed by atoms with Crippen LogP contribution in [-0.2, 0) is 27.1 Å². The highest BCUT2D eigenvalue weighted by Gasteiger charge is 2.17. The first-order valence-corrected chi connectivity index (χ1v) is 8.82. The Bertz CT molecular complexity index is 500. The molecule has 5 nitrogen and oxygen atoms in total. The quantitative estimate of drug-likeness (QED) is 0.666. The maximum Gasteiger partial charge on any atom is 0.218 e. The Morgan fingerprint density at radius 1 is 1.19 bits per heavy atom. The number of rotatable bonds is 10. The monoisotopic (exact) mass is 314 g/mol. The maximum atomic E-state index is 12.2. The highest BCUT2D eigenvalue weighted by atomic mass is 32.2. The van der Waals surface area contributed by atoms with E-state index < -0.39 is 10.0 Å². The molecule has 6 heteroatoms. The highest BCUT2D eigenvalue weighted by molar-refractivity contribution is 7.88. The first kappa shape index (κ1) is 18.1. The smallest absolute Gasteiger partial charge is 0.218 e. The van der Waals surface area contributed by atoms with Crippen LogP contribution in [0.25, 0.3) is 0 Å². The van der Waals surface area contributed by atoms with E-state index >= 15 is 0 Å². The summed E-state index contributed by atoms with van der Waals surface area (Å²) in [6.45, 7) is 4.83. The van der Waals surface area contributed by atoms with Gasteiger partial charge in [-0.25, -0.2) is 12.7 Å². The first-order valence-electron chi connectivity index (χ1n) is 7.21. The van der Waals surface area contributed by atoms with E-state index in [1.165, 1.54) is 4.31 Å². The minimum atomic E-state index is -3.26. The van der Waals surface area contributed by atoms with Crippen LogP contribution in [0.2, 0.25) is 0 Å². The average Bonchev–Trinajstić information content (AvgIpc) is 2.46. The van der Waals surface area contributed by atoms with Gasteiger partial charge >= 0.3 is 0 Å². The molecule has 0 aliphatic heterocycles. The normalized spacial score (nSPS) is 12.0. The van der Waals surface area contributed by atoms with Gasteiger partial charge in [0.2, 0.25) is 10.0 Å². The Morgan fingerprint density at radius 3 is 2.38 bits per heavy atom. The molecule has 0 unspecified atom stereocenters. The van der Waals surface area contributed by atoms with Gasteiger partial charge in [-0.1, -0.05) is 31.2 Å². The number of methoxy groups -OCH3 is 1. The van der Waals surface area contributed by atoms with Crippen molar-refractivity contribution in [3.05, 3.63) is 35.4 Å². The Morgan fingerprint density at radius 2 is 1.81 bits per heavy atom. The molecule has 0 spiro atoms. The number of hydrogen-bond donors (Lipinski definition) is 1. The third-order valence-corrected chi connectivity index (χ3v) is 5.08. The molecule has 0 bridgehead atoms. The zero-order valence-electron chi connectivity index (χ0n) is 13.1. The van der Waals surface area contributed by atoms with E-state index in [-0.39, 0.29) is 5.75 Å². The Balaban J connectivity index is 2.58. The largest absolute Gasteiger partial charge is 0.385 e. The fourth-order valence-corrected chi connectivity index (χ4v) is 3.16. The topological polar surface area (TPSA) is 58.6 Å². The molecule has 0 fully saturated rings. The first-order chi connectivity index (χ1) is 9.99. The zero-order chi connectivity index (χ0) is 15.7. The van der Waals surface area contributed by atoms with Crippen LogP contribution in [0.1, 0.15) is 24.5 Å². The van der Waals surface area contributed by atoms with Crippen molar-refractivity contribution in [2.75, 3.05) is 33.9 Å². The molecule has 1 aromatic rings. The maximum absolute atomic E-state index is 12.2. The molecule has 0 aliphatic carbocycles. The van der Waals surface area contributed by atoms with Crippen molar-refractivity contribution < 1.29 is 13.2 Å². The molecule has 0 saturated heterocycles. The number of nitrogens with zero attached hydrogens (tertiary/aromatic N) is 1. The second-order valence-electron chi connectivity index (χ2n) is 5.02. The summed E-state index contributed by atoms with van der Waals surface area (Å²) in [6.07, 6.45) is 0.702. The molecule has 0 radical (unpaired) electrons. The summed E-state index contributed by atoms with van der Waals surface area (Å²) >= 11 is 0.